The summed E-state index contributed by atoms with van der Waals surface area (Å²) in [5, 5.41) is 10.0. The summed E-state index contributed by atoms with van der Waals surface area (Å²) in [7, 11) is 0. The molecule has 0 atom stereocenters. The number of nitrogens with zero attached hydrogens (tertiary/aromatic N) is 2. The first kappa shape index (κ1) is 11.3. The van der Waals surface area contributed by atoms with E-state index < -0.39 is 0 Å². The summed E-state index contributed by atoms with van der Waals surface area (Å²) < 4.78 is 2.07. The van der Waals surface area contributed by atoms with Crippen LogP contribution in [-0.2, 0) is 6.54 Å². The van der Waals surface area contributed by atoms with Crippen molar-refractivity contribution in [2.24, 2.45) is 0 Å². The van der Waals surface area contributed by atoms with Crippen LogP contribution in [0.1, 0.15) is 19.4 Å². The number of nitrogens with two attached hydrogens (primary N) is 1. The van der Waals surface area contributed by atoms with Crippen LogP contribution in [0.5, 0.6) is 0 Å². The van der Waals surface area contributed by atoms with Crippen LogP contribution < -0.4 is 5.73 Å². The van der Waals surface area contributed by atoms with Crippen molar-refractivity contribution in [1.29, 1.82) is 5.26 Å². The molecule has 0 radical (unpaired) electrons. The van der Waals surface area contributed by atoms with Crippen molar-refractivity contribution in [2.75, 3.05) is 5.73 Å². The molecule has 1 heterocycles. The van der Waals surface area contributed by atoms with Gasteiger partial charge in [0, 0.05) is 29.3 Å². The van der Waals surface area contributed by atoms with Crippen LogP contribution in [-0.4, -0.2) is 4.57 Å². The van der Waals surface area contributed by atoms with Crippen molar-refractivity contribution < 1.29 is 0 Å². The van der Waals surface area contributed by atoms with Gasteiger partial charge in [-0.1, -0.05) is 11.6 Å². The number of fused-ring (bicyclic) bond motifs is 1. The van der Waals surface area contributed by atoms with Gasteiger partial charge in [0.1, 0.15) is 6.07 Å². The van der Waals surface area contributed by atoms with Crippen molar-refractivity contribution >= 4 is 16.6 Å². The van der Waals surface area contributed by atoms with E-state index >= 15 is 0 Å². The van der Waals surface area contributed by atoms with Crippen LogP contribution in [0, 0.1) is 11.3 Å². The minimum atomic E-state index is 0.675. The van der Waals surface area contributed by atoms with E-state index in [0.29, 0.717) is 11.3 Å². The maximum atomic E-state index is 9.10. The molecular weight excluding hydrogens is 210 g/mol. The van der Waals surface area contributed by atoms with Crippen molar-refractivity contribution in [2.45, 2.75) is 20.4 Å². The number of nitrogen functional groups attached to an aromatic ring is 1. The first-order valence-electron chi connectivity index (χ1n) is 5.53. The SMILES string of the molecule is CC(C)=CCn1cc(C#N)c2cc(N)ccc21. The molecule has 0 bridgehead atoms. The quantitative estimate of drug-likeness (QED) is 0.630. The van der Waals surface area contributed by atoms with Gasteiger partial charge < -0.3 is 10.3 Å². The Balaban J connectivity index is 2.58. The van der Waals surface area contributed by atoms with Crippen LogP contribution in [0.25, 0.3) is 10.9 Å². The molecule has 0 spiro atoms. The van der Waals surface area contributed by atoms with Gasteiger partial charge in [0.05, 0.1) is 5.56 Å². The van der Waals surface area contributed by atoms with Gasteiger partial charge in [0.15, 0.2) is 0 Å². The van der Waals surface area contributed by atoms with Gasteiger partial charge in [-0.3, -0.25) is 0 Å². The summed E-state index contributed by atoms with van der Waals surface area (Å²) in [5.74, 6) is 0. The van der Waals surface area contributed by atoms with Crippen molar-refractivity contribution in [1.82, 2.24) is 4.57 Å². The number of anilines is 1. The molecule has 0 aliphatic rings. The van der Waals surface area contributed by atoms with Gasteiger partial charge in [0.2, 0.25) is 0 Å². The third kappa shape index (κ3) is 2.16. The Bertz CT molecular complexity index is 623. The highest BCUT2D eigenvalue weighted by Gasteiger charge is 2.07. The average molecular weight is 225 g/mol. The number of allylic oxidation sites excluding steroid dienone is 2. The van der Waals surface area contributed by atoms with Gasteiger partial charge in [-0.15, -0.1) is 0 Å². The van der Waals surface area contributed by atoms with Gasteiger partial charge >= 0.3 is 0 Å². The molecule has 2 aromatic rings. The minimum Gasteiger partial charge on any atom is -0.399 e. The number of benzene rings is 1. The molecule has 3 heteroatoms. The van der Waals surface area contributed by atoms with E-state index in [1.807, 2.05) is 24.4 Å². The lowest BCUT2D eigenvalue weighted by Crippen LogP contribution is -1.93. The Morgan fingerprint density at radius 1 is 1.47 bits per heavy atom. The molecular formula is C14H15N3. The maximum absolute atomic E-state index is 9.10. The zero-order chi connectivity index (χ0) is 12.4. The number of rotatable bonds is 2. The zero-order valence-electron chi connectivity index (χ0n) is 10.1. The lowest BCUT2D eigenvalue weighted by atomic mass is 10.2. The smallest absolute Gasteiger partial charge is 0.101 e. The van der Waals surface area contributed by atoms with Crippen LogP contribution in [0.2, 0.25) is 0 Å². The molecule has 1 aromatic carbocycles. The minimum absolute atomic E-state index is 0.675. The van der Waals surface area contributed by atoms with Gasteiger partial charge in [-0.2, -0.15) is 5.26 Å². The van der Waals surface area contributed by atoms with Crippen molar-refractivity contribution in [3.63, 3.8) is 0 Å². The Hall–Kier alpha value is -2.21. The molecule has 3 nitrogen and oxygen atoms in total. The largest absolute Gasteiger partial charge is 0.399 e. The number of hydrogen-bond acceptors (Lipinski definition) is 2. The van der Waals surface area contributed by atoms with Crippen LogP contribution in [0.4, 0.5) is 5.69 Å². The summed E-state index contributed by atoms with van der Waals surface area (Å²) in [6, 6.07) is 7.89. The van der Waals surface area contributed by atoms with Gasteiger partial charge in [-0.05, 0) is 32.0 Å². The summed E-state index contributed by atoms with van der Waals surface area (Å²) in [4.78, 5) is 0. The monoisotopic (exact) mass is 225 g/mol. The number of aromatic nitrogens is 1. The van der Waals surface area contributed by atoms with E-state index in [2.05, 4.69) is 30.6 Å². The summed E-state index contributed by atoms with van der Waals surface area (Å²) >= 11 is 0. The Morgan fingerprint density at radius 2 is 2.24 bits per heavy atom. The van der Waals surface area contributed by atoms with Crippen LogP contribution in [0.3, 0.4) is 0 Å². The normalized spacial score (nSPS) is 10.2. The Kier molecular flexibility index (Phi) is 2.88. The molecule has 0 saturated carbocycles. The predicted octanol–water partition coefficient (Wildman–Crippen LogP) is 3.06. The molecule has 1 aromatic heterocycles. The van der Waals surface area contributed by atoms with Gasteiger partial charge in [0.25, 0.3) is 0 Å². The number of nitriles is 1. The Morgan fingerprint density at radius 3 is 2.88 bits per heavy atom. The molecule has 0 saturated heterocycles. The summed E-state index contributed by atoms with van der Waals surface area (Å²) in [6.45, 7) is 4.91. The Labute approximate surface area is 101 Å². The fourth-order valence-corrected chi connectivity index (χ4v) is 1.84. The van der Waals surface area contributed by atoms with E-state index in [4.69, 9.17) is 11.0 Å². The maximum Gasteiger partial charge on any atom is 0.101 e. The molecule has 2 rings (SSSR count). The second-order valence-corrected chi connectivity index (χ2v) is 4.37. The zero-order valence-corrected chi connectivity index (χ0v) is 10.1. The molecule has 86 valence electrons. The van der Waals surface area contributed by atoms with E-state index in [-0.39, 0.29) is 0 Å². The lowest BCUT2D eigenvalue weighted by Gasteiger charge is -2.02. The highest BCUT2D eigenvalue weighted by atomic mass is 14.9. The summed E-state index contributed by atoms with van der Waals surface area (Å²) in [5.41, 5.74) is 9.43. The average Bonchev–Trinajstić information content (AvgIpc) is 2.63. The fourth-order valence-electron chi connectivity index (χ4n) is 1.84. The van der Waals surface area contributed by atoms with E-state index in [0.717, 1.165) is 17.4 Å². The molecule has 0 aliphatic heterocycles. The van der Waals surface area contributed by atoms with Gasteiger partial charge in [-0.25, -0.2) is 0 Å². The molecule has 0 aliphatic carbocycles. The standard InChI is InChI=1S/C14H15N3/c1-10(2)5-6-17-9-11(8-15)13-7-12(16)3-4-14(13)17/h3-5,7,9H,6,16H2,1-2H3. The topological polar surface area (TPSA) is 54.7 Å². The molecule has 2 N–H and O–H groups in total. The predicted molar refractivity (Wildman–Crippen MR) is 70.5 cm³/mol. The second kappa shape index (κ2) is 4.34. The van der Waals surface area contributed by atoms with E-state index in [1.165, 1.54) is 5.57 Å². The van der Waals surface area contributed by atoms with Crippen LogP contribution in [0.15, 0.2) is 36.0 Å². The second-order valence-electron chi connectivity index (χ2n) is 4.37. The lowest BCUT2D eigenvalue weighted by molar-refractivity contribution is 0.855. The highest BCUT2D eigenvalue weighted by Crippen LogP contribution is 2.23. The third-order valence-electron chi connectivity index (χ3n) is 2.72. The highest BCUT2D eigenvalue weighted by molar-refractivity contribution is 5.88. The first-order valence-corrected chi connectivity index (χ1v) is 5.53. The first-order chi connectivity index (χ1) is 8.11. The van der Waals surface area contributed by atoms with Crippen molar-refractivity contribution in [3.8, 4) is 6.07 Å². The molecule has 17 heavy (non-hydrogen) atoms. The van der Waals surface area contributed by atoms with E-state index in [1.54, 1.807) is 0 Å². The van der Waals surface area contributed by atoms with Crippen molar-refractivity contribution in [3.05, 3.63) is 41.6 Å². The fraction of sp³-hybridized carbons (Fsp3) is 0.214. The molecule has 0 unspecified atom stereocenters. The molecule has 0 amide bonds. The van der Waals surface area contributed by atoms with E-state index in [9.17, 15) is 0 Å². The van der Waals surface area contributed by atoms with Crippen LogP contribution >= 0.6 is 0 Å². The molecule has 0 fully saturated rings. The summed E-state index contributed by atoms with van der Waals surface area (Å²) in [6.07, 6.45) is 4.01. The number of hydrogen-bond donors (Lipinski definition) is 1. The third-order valence-corrected chi connectivity index (χ3v) is 2.72.